The molecule has 0 unspecified atom stereocenters. The smallest absolute Gasteiger partial charge is 0.308 e. The standard InChI is InChI=1S/C14H18O3/c1-9-8-14(17-12(4)16)13(6-5-7-15)11(3)10(9)2/h5-6,8,15H,7H2,1-4H3/b6-5-. The van der Waals surface area contributed by atoms with E-state index in [1.54, 1.807) is 12.2 Å². The Morgan fingerprint density at radius 2 is 2.00 bits per heavy atom. The summed E-state index contributed by atoms with van der Waals surface area (Å²) in [5.41, 5.74) is 4.15. The number of hydrogen-bond donors (Lipinski definition) is 1. The van der Waals surface area contributed by atoms with E-state index < -0.39 is 0 Å². The molecule has 0 amide bonds. The van der Waals surface area contributed by atoms with Gasteiger partial charge in [0.15, 0.2) is 0 Å². The summed E-state index contributed by atoms with van der Waals surface area (Å²) in [6, 6.07) is 1.85. The van der Waals surface area contributed by atoms with Crippen molar-refractivity contribution in [1.29, 1.82) is 0 Å². The number of aryl methyl sites for hydroxylation is 1. The van der Waals surface area contributed by atoms with E-state index in [2.05, 4.69) is 0 Å². The number of rotatable bonds is 3. The molecule has 0 fully saturated rings. The van der Waals surface area contributed by atoms with Crippen LogP contribution in [0.25, 0.3) is 6.08 Å². The molecular weight excluding hydrogens is 216 g/mol. The Morgan fingerprint density at radius 3 is 2.53 bits per heavy atom. The van der Waals surface area contributed by atoms with Crippen molar-refractivity contribution in [1.82, 2.24) is 0 Å². The molecule has 3 nitrogen and oxygen atoms in total. The summed E-state index contributed by atoms with van der Waals surface area (Å²) < 4.78 is 5.19. The molecular formula is C14H18O3. The molecule has 0 aromatic heterocycles. The normalized spacial score (nSPS) is 10.9. The Balaban J connectivity index is 3.34. The Kier molecular flexibility index (Phi) is 4.46. The molecule has 0 aliphatic rings. The third kappa shape index (κ3) is 3.17. The van der Waals surface area contributed by atoms with Gasteiger partial charge in [-0.05, 0) is 43.5 Å². The van der Waals surface area contributed by atoms with Crippen molar-refractivity contribution in [2.45, 2.75) is 27.7 Å². The van der Waals surface area contributed by atoms with Crippen molar-refractivity contribution >= 4 is 12.0 Å². The van der Waals surface area contributed by atoms with Crippen LogP contribution in [0, 0.1) is 20.8 Å². The van der Waals surface area contributed by atoms with E-state index in [0.717, 1.165) is 16.7 Å². The molecule has 0 radical (unpaired) electrons. The minimum Gasteiger partial charge on any atom is -0.426 e. The van der Waals surface area contributed by atoms with Gasteiger partial charge in [-0.3, -0.25) is 4.79 Å². The summed E-state index contributed by atoms with van der Waals surface area (Å²) in [6.45, 7) is 7.33. The molecule has 92 valence electrons. The summed E-state index contributed by atoms with van der Waals surface area (Å²) in [5, 5.41) is 8.82. The van der Waals surface area contributed by atoms with Crippen molar-refractivity contribution in [2.75, 3.05) is 6.61 Å². The van der Waals surface area contributed by atoms with Crippen molar-refractivity contribution in [2.24, 2.45) is 0 Å². The van der Waals surface area contributed by atoms with E-state index in [4.69, 9.17) is 9.84 Å². The average Bonchev–Trinajstić information content (AvgIpc) is 2.25. The van der Waals surface area contributed by atoms with Crippen LogP contribution in [-0.2, 0) is 4.79 Å². The average molecular weight is 234 g/mol. The monoisotopic (exact) mass is 234 g/mol. The molecule has 0 aliphatic heterocycles. The summed E-state index contributed by atoms with van der Waals surface area (Å²) >= 11 is 0. The predicted octanol–water partition coefficient (Wildman–Crippen LogP) is 2.54. The first-order valence-electron chi connectivity index (χ1n) is 5.54. The van der Waals surface area contributed by atoms with Crippen LogP contribution < -0.4 is 4.74 Å². The molecule has 1 aromatic carbocycles. The number of ether oxygens (including phenoxy) is 1. The third-order valence-electron chi connectivity index (χ3n) is 2.81. The minimum atomic E-state index is -0.341. The second-order valence-electron chi connectivity index (χ2n) is 4.03. The molecule has 17 heavy (non-hydrogen) atoms. The lowest BCUT2D eigenvalue weighted by Crippen LogP contribution is -2.05. The molecule has 0 spiro atoms. The molecule has 0 heterocycles. The molecule has 0 bridgehead atoms. The number of hydrogen-bond acceptors (Lipinski definition) is 3. The first kappa shape index (κ1) is 13.5. The number of carbonyl (C=O) groups excluding carboxylic acids is 1. The molecule has 1 aromatic rings. The predicted molar refractivity (Wildman–Crippen MR) is 68.1 cm³/mol. The van der Waals surface area contributed by atoms with Crippen LogP contribution >= 0.6 is 0 Å². The number of benzene rings is 1. The lowest BCUT2D eigenvalue weighted by molar-refractivity contribution is -0.131. The highest BCUT2D eigenvalue weighted by Crippen LogP contribution is 2.29. The van der Waals surface area contributed by atoms with Crippen LogP contribution in [0.2, 0.25) is 0 Å². The summed E-state index contributed by atoms with van der Waals surface area (Å²) in [4.78, 5) is 11.1. The van der Waals surface area contributed by atoms with E-state index in [1.807, 2.05) is 26.8 Å². The van der Waals surface area contributed by atoms with Crippen molar-refractivity contribution < 1.29 is 14.6 Å². The molecule has 0 aliphatic carbocycles. The van der Waals surface area contributed by atoms with Crippen LogP contribution in [0.4, 0.5) is 0 Å². The summed E-state index contributed by atoms with van der Waals surface area (Å²) in [7, 11) is 0. The van der Waals surface area contributed by atoms with Gasteiger partial charge in [-0.25, -0.2) is 0 Å². The van der Waals surface area contributed by atoms with Gasteiger partial charge in [0.25, 0.3) is 0 Å². The second kappa shape index (κ2) is 5.64. The molecule has 0 atom stereocenters. The van der Waals surface area contributed by atoms with E-state index in [9.17, 15) is 4.79 Å². The molecule has 3 heteroatoms. The fourth-order valence-electron chi connectivity index (χ4n) is 1.68. The fourth-order valence-corrected chi connectivity index (χ4v) is 1.68. The highest BCUT2D eigenvalue weighted by atomic mass is 16.5. The Bertz CT molecular complexity index is 459. The lowest BCUT2D eigenvalue weighted by Gasteiger charge is -2.13. The zero-order valence-corrected chi connectivity index (χ0v) is 10.7. The Morgan fingerprint density at radius 1 is 1.35 bits per heavy atom. The molecule has 1 rings (SSSR count). The van der Waals surface area contributed by atoms with Gasteiger partial charge in [0.05, 0.1) is 6.61 Å². The largest absolute Gasteiger partial charge is 0.426 e. The molecule has 1 N–H and O–H groups in total. The Hall–Kier alpha value is -1.61. The van der Waals surface area contributed by atoms with Crippen LogP contribution in [0.1, 0.15) is 29.2 Å². The van der Waals surface area contributed by atoms with E-state index >= 15 is 0 Å². The first-order chi connectivity index (χ1) is 7.97. The second-order valence-corrected chi connectivity index (χ2v) is 4.03. The van der Waals surface area contributed by atoms with Gasteiger partial charge in [-0.1, -0.05) is 12.2 Å². The zero-order chi connectivity index (χ0) is 13.0. The quantitative estimate of drug-likeness (QED) is 0.645. The summed E-state index contributed by atoms with van der Waals surface area (Å²) in [5.74, 6) is 0.203. The number of aliphatic hydroxyl groups is 1. The maximum atomic E-state index is 11.1. The van der Waals surface area contributed by atoms with Crippen molar-refractivity contribution in [3.05, 3.63) is 34.4 Å². The first-order valence-corrected chi connectivity index (χ1v) is 5.54. The van der Waals surface area contributed by atoms with Crippen LogP contribution in [0.5, 0.6) is 5.75 Å². The minimum absolute atomic E-state index is 0.0358. The van der Waals surface area contributed by atoms with Gasteiger partial charge in [-0.2, -0.15) is 0 Å². The van der Waals surface area contributed by atoms with Gasteiger partial charge in [-0.15, -0.1) is 0 Å². The number of aliphatic hydroxyl groups excluding tert-OH is 1. The van der Waals surface area contributed by atoms with Crippen molar-refractivity contribution in [3.63, 3.8) is 0 Å². The van der Waals surface area contributed by atoms with Gasteiger partial charge < -0.3 is 9.84 Å². The van der Waals surface area contributed by atoms with E-state index in [-0.39, 0.29) is 12.6 Å². The third-order valence-corrected chi connectivity index (χ3v) is 2.81. The highest BCUT2D eigenvalue weighted by Gasteiger charge is 2.11. The van der Waals surface area contributed by atoms with E-state index in [0.29, 0.717) is 5.75 Å². The molecule has 0 saturated carbocycles. The summed E-state index contributed by atoms with van der Waals surface area (Å²) in [6.07, 6.45) is 3.41. The SMILES string of the molecule is CC(=O)Oc1cc(C)c(C)c(C)c1/C=C\CO. The van der Waals surface area contributed by atoms with Gasteiger partial charge in [0.2, 0.25) is 0 Å². The van der Waals surface area contributed by atoms with E-state index in [1.165, 1.54) is 12.5 Å². The highest BCUT2D eigenvalue weighted by molar-refractivity contribution is 5.73. The number of esters is 1. The fraction of sp³-hybridized carbons (Fsp3) is 0.357. The van der Waals surface area contributed by atoms with Crippen LogP contribution in [0.3, 0.4) is 0 Å². The van der Waals surface area contributed by atoms with Crippen molar-refractivity contribution in [3.8, 4) is 5.75 Å². The maximum Gasteiger partial charge on any atom is 0.308 e. The molecule has 0 saturated heterocycles. The number of carbonyl (C=O) groups is 1. The van der Waals surface area contributed by atoms with Crippen LogP contribution in [0.15, 0.2) is 12.1 Å². The zero-order valence-electron chi connectivity index (χ0n) is 10.7. The van der Waals surface area contributed by atoms with Gasteiger partial charge in [0.1, 0.15) is 5.75 Å². The topological polar surface area (TPSA) is 46.5 Å². The maximum absolute atomic E-state index is 11.1. The Labute approximate surface area is 102 Å². The van der Waals surface area contributed by atoms with Gasteiger partial charge >= 0.3 is 5.97 Å². The lowest BCUT2D eigenvalue weighted by atomic mass is 9.97. The van der Waals surface area contributed by atoms with Crippen LogP contribution in [-0.4, -0.2) is 17.7 Å². The van der Waals surface area contributed by atoms with Gasteiger partial charge in [0, 0.05) is 12.5 Å².